The molecule has 3 aromatic carbocycles. The Kier molecular flexibility index (Phi) is 5.28. The van der Waals surface area contributed by atoms with Gasteiger partial charge in [0.2, 0.25) is 0 Å². The maximum Gasteiger partial charge on any atom is 0.417 e. The van der Waals surface area contributed by atoms with Crippen LogP contribution < -0.4 is 0 Å². The molecule has 33 heavy (non-hydrogen) atoms. The molecule has 170 valence electrons. The van der Waals surface area contributed by atoms with Gasteiger partial charge < -0.3 is 5.11 Å². The number of carbonyl (C=O) groups is 1. The molecule has 0 radical (unpaired) electrons. The first-order valence-corrected chi connectivity index (χ1v) is 11.1. The van der Waals surface area contributed by atoms with Gasteiger partial charge in [0.05, 0.1) is 21.5 Å². The number of carboxylic acids is 1. The zero-order valence-electron chi connectivity index (χ0n) is 17.4. The van der Waals surface area contributed by atoms with Gasteiger partial charge in [0, 0.05) is 10.9 Å². The second kappa shape index (κ2) is 7.73. The Morgan fingerprint density at radius 3 is 2.21 bits per heavy atom. The maximum absolute atomic E-state index is 13.5. The smallest absolute Gasteiger partial charge is 0.417 e. The summed E-state index contributed by atoms with van der Waals surface area (Å²) in [4.78, 5) is 11.3. The van der Waals surface area contributed by atoms with E-state index in [-0.39, 0.29) is 21.7 Å². The van der Waals surface area contributed by atoms with Crippen LogP contribution in [-0.2, 0) is 16.2 Å². The number of para-hydroxylation sites is 1. The van der Waals surface area contributed by atoms with E-state index in [1.54, 1.807) is 32.0 Å². The number of aromatic nitrogens is 2. The Morgan fingerprint density at radius 2 is 1.61 bits per heavy atom. The van der Waals surface area contributed by atoms with Crippen molar-refractivity contribution in [2.24, 2.45) is 0 Å². The Morgan fingerprint density at radius 1 is 0.970 bits per heavy atom. The molecule has 4 rings (SSSR count). The SMILES string of the molecule is Cc1cc(C)cc(S(=O)(=O)n2nc(-c3ccc(C(=O)O)c(C(F)(F)F)c3)c3ccccc32)c1. The molecular formula is C23H17F3N2O4S. The topological polar surface area (TPSA) is 89.3 Å². The largest absolute Gasteiger partial charge is 0.478 e. The lowest BCUT2D eigenvalue weighted by Crippen LogP contribution is -2.15. The highest BCUT2D eigenvalue weighted by molar-refractivity contribution is 7.90. The van der Waals surface area contributed by atoms with E-state index in [9.17, 15) is 26.4 Å². The first kappa shape index (κ1) is 22.5. The average Bonchev–Trinajstić information content (AvgIpc) is 3.12. The summed E-state index contributed by atoms with van der Waals surface area (Å²) >= 11 is 0. The molecule has 6 nitrogen and oxygen atoms in total. The number of fused-ring (bicyclic) bond motifs is 1. The quantitative estimate of drug-likeness (QED) is 0.435. The molecule has 1 heterocycles. The van der Waals surface area contributed by atoms with Crippen LogP contribution in [0.1, 0.15) is 27.0 Å². The van der Waals surface area contributed by atoms with Gasteiger partial charge in [-0.3, -0.25) is 0 Å². The van der Waals surface area contributed by atoms with E-state index in [1.807, 2.05) is 6.07 Å². The van der Waals surface area contributed by atoms with Crippen molar-refractivity contribution in [3.63, 3.8) is 0 Å². The number of alkyl halides is 3. The van der Waals surface area contributed by atoms with E-state index in [0.29, 0.717) is 11.5 Å². The summed E-state index contributed by atoms with van der Waals surface area (Å²) in [5.41, 5.74) is -0.684. The monoisotopic (exact) mass is 474 g/mol. The molecule has 0 amide bonds. The van der Waals surface area contributed by atoms with Crippen LogP contribution in [0.15, 0.2) is 65.6 Å². The molecule has 0 bridgehead atoms. The summed E-state index contributed by atoms with van der Waals surface area (Å²) < 4.78 is 68.2. The van der Waals surface area contributed by atoms with Crippen molar-refractivity contribution >= 4 is 26.9 Å². The standard InChI is InChI=1S/C23H17F3N2O4S/c1-13-9-14(2)11-16(10-13)33(31,32)28-20-6-4-3-5-18(20)21(27-28)15-7-8-17(22(29)30)19(12-15)23(24,25)26/h3-12H,1-2H3,(H,29,30). The Hall–Kier alpha value is -3.66. The fraction of sp³-hybridized carbons (Fsp3) is 0.130. The highest BCUT2D eigenvalue weighted by Gasteiger charge is 2.36. The molecular weight excluding hydrogens is 457 g/mol. The third-order valence-corrected chi connectivity index (χ3v) is 6.67. The highest BCUT2D eigenvalue weighted by Crippen LogP contribution is 2.37. The lowest BCUT2D eigenvalue weighted by atomic mass is 10.00. The number of halogens is 3. The molecule has 0 spiro atoms. The predicted octanol–water partition coefficient (Wildman–Crippen LogP) is 5.27. The van der Waals surface area contributed by atoms with E-state index in [0.717, 1.165) is 21.3 Å². The van der Waals surface area contributed by atoms with Crippen molar-refractivity contribution in [1.29, 1.82) is 0 Å². The van der Waals surface area contributed by atoms with Gasteiger partial charge in [0.1, 0.15) is 5.69 Å². The summed E-state index contributed by atoms with van der Waals surface area (Å²) in [7, 11) is -4.17. The van der Waals surface area contributed by atoms with E-state index >= 15 is 0 Å². The highest BCUT2D eigenvalue weighted by atomic mass is 32.2. The minimum atomic E-state index is -4.92. The molecule has 10 heteroatoms. The van der Waals surface area contributed by atoms with Gasteiger partial charge in [0.25, 0.3) is 10.0 Å². The van der Waals surface area contributed by atoms with Crippen LogP contribution in [0.4, 0.5) is 13.2 Å². The van der Waals surface area contributed by atoms with Crippen LogP contribution in [0.25, 0.3) is 22.2 Å². The fourth-order valence-corrected chi connectivity index (χ4v) is 5.21. The summed E-state index contributed by atoms with van der Waals surface area (Å²) in [5, 5.41) is 13.6. The number of aryl methyl sites for hydroxylation is 2. The fourth-order valence-electron chi connectivity index (χ4n) is 3.73. The summed E-state index contributed by atoms with van der Waals surface area (Å²) in [6.45, 7) is 3.50. The van der Waals surface area contributed by atoms with Crippen molar-refractivity contribution in [3.05, 3.63) is 82.9 Å². The van der Waals surface area contributed by atoms with E-state index in [4.69, 9.17) is 5.11 Å². The predicted molar refractivity (Wildman–Crippen MR) is 116 cm³/mol. The van der Waals surface area contributed by atoms with E-state index in [1.165, 1.54) is 24.3 Å². The molecule has 4 aromatic rings. The second-order valence-corrected chi connectivity index (χ2v) is 9.37. The Bertz CT molecular complexity index is 1500. The van der Waals surface area contributed by atoms with Gasteiger partial charge in [-0.25, -0.2) is 4.79 Å². The van der Waals surface area contributed by atoms with Gasteiger partial charge in [-0.2, -0.15) is 30.8 Å². The molecule has 0 atom stereocenters. The molecule has 1 aromatic heterocycles. The zero-order chi connectivity index (χ0) is 24.1. The molecule has 0 fully saturated rings. The van der Waals surface area contributed by atoms with Crippen LogP contribution in [0.3, 0.4) is 0 Å². The van der Waals surface area contributed by atoms with Gasteiger partial charge in [-0.1, -0.05) is 30.3 Å². The van der Waals surface area contributed by atoms with Crippen LogP contribution in [0.5, 0.6) is 0 Å². The van der Waals surface area contributed by atoms with E-state index < -0.39 is 33.3 Å². The Labute approximate surface area is 187 Å². The van der Waals surface area contributed by atoms with Crippen molar-refractivity contribution in [2.75, 3.05) is 0 Å². The zero-order valence-corrected chi connectivity index (χ0v) is 18.2. The number of rotatable bonds is 4. The second-order valence-electron chi connectivity index (χ2n) is 7.60. The minimum Gasteiger partial charge on any atom is -0.478 e. The van der Waals surface area contributed by atoms with Gasteiger partial charge >= 0.3 is 12.1 Å². The van der Waals surface area contributed by atoms with Gasteiger partial charge in [-0.15, -0.1) is 0 Å². The molecule has 0 saturated carbocycles. The van der Waals surface area contributed by atoms with Crippen molar-refractivity contribution in [1.82, 2.24) is 9.19 Å². The van der Waals surface area contributed by atoms with Crippen LogP contribution >= 0.6 is 0 Å². The molecule has 1 N–H and O–H groups in total. The maximum atomic E-state index is 13.5. The Balaban J connectivity index is 1.99. The number of carboxylic acid groups (broad SMARTS) is 1. The minimum absolute atomic E-state index is 0.00277. The molecule has 0 saturated heterocycles. The van der Waals surface area contributed by atoms with Gasteiger partial charge in [-0.05, 0) is 55.3 Å². The van der Waals surface area contributed by atoms with Gasteiger partial charge in [0.15, 0.2) is 0 Å². The summed E-state index contributed by atoms with van der Waals surface area (Å²) in [6.07, 6.45) is -4.92. The number of aromatic carboxylic acids is 1. The molecule has 0 aliphatic heterocycles. The third-order valence-electron chi connectivity index (χ3n) is 5.11. The lowest BCUT2D eigenvalue weighted by Gasteiger charge is -2.11. The van der Waals surface area contributed by atoms with E-state index in [2.05, 4.69) is 5.10 Å². The third kappa shape index (κ3) is 3.97. The first-order chi connectivity index (χ1) is 15.4. The summed E-state index contributed by atoms with van der Waals surface area (Å²) in [5.74, 6) is -1.72. The first-order valence-electron chi connectivity index (χ1n) is 9.66. The number of benzene rings is 3. The number of nitrogens with zero attached hydrogens (tertiary/aromatic N) is 2. The number of hydrogen-bond donors (Lipinski definition) is 1. The van der Waals surface area contributed by atoms with Crippen LogP contribution in [0, 0.1) is 13.8 Å². The van der Waals surface area contributed by atoms with Crippen LogP contribution in [0.2, 0.25) is 0 Å². The molecule has 0 aliphatic rings. The van der Waals surface area contributed by atoms with Crippen molar-refractivity contribution < 1.29 is 31.5 Å². The summed E-state index contributed by atoms with van der Waals surface area (Å²) in [6, 6.07) is 13.7. The normalized spacial score (nSPS) is 12.3. The van der Waals surface area contributed by atoms with Crippen LogP contribution in [-0.4, -0.2) is 28.7 Å². The van der Waals surface area contributed by atoms with Crippen molar-refractivity contribution in [2.45, 2.75) is 24.9 Å². The van der Waals surface area contributed by atoms with Crippen molar-refractivity contribution in [3.8, 4) is 11.3 Å². The lowest BCUT2D eigenvalue weighted by molar-refractivity contribution is -0.138. The molecule has 0 unspecified atom stereocenters. The number of hydrogen-bond acceptors (Lipinski definition) is 4. The molecule has 0 aliphatic carbocycles. The average molecular weight is 474 g/mol.